The third-order valence-corrected chi connectivity index (χ3v) is 5.07. The molecule has 0 bridgehead atoms. The van der Waals surface area contributed by atoms with Gasteiger partial charge in [0.1, 0.15) is 11.6 Å². The van der Waals surface area contributed by atoms with Gasteiger partial charge in [0.05, 0.1) is 5.75 Å². The molecule has 2 N–H and O–H groups in total. The lowest BCUT2D eigenvalue weighted by atomic mass is 10.0. The Balaban J connectivity index is 1.81. The molecule has 0 aliphatic carbocycles. The Morgan fingerprint density at radius 1 is 1.24 bits per heavy atom. The summed E-state index contributed by atoms with van der Waals surface area (Å²) in [5.74, 6) is -1.08. The summed E-state index contributed by atoms with van der Waals surface area (Å²) >= 11 is 0. The van der Waals surface area contributed by atoms with Crippen molar-refractivity contribution in [2.24, 2.45) is 5.92 Å². The van der Waals surface area contributed by atoms with Crippen molar-refractivity contribution in [2.75, 3.05) is 25.4 Å². The molecule has 0 aromatic heterocycles. The van der Waals surface area contributed by atoms with Crippen molar-refractivity contribution in [1.82, 2.24) is 10.0 Å². The summed E-state index contributed by atoms with van der Waals surface area (Å²) in [5.41, 5.74) is 0.439. The minimum Gasteiger partial charge on any atom is -0.316 e. The largest absolute Gasteiger partial charge is 0.316 e. The zero-order valence-electron chi connectivity index (χ0n) is 11.7. The van der Waals surface area contributed by atoms with Gasteiger partial charge in [-0.15, -0.1) is 0 Å². The fourth-order valence-electron chi connectivity index (χ4n) is 2.54. The first-order valence-electron chi connectivity index (χ1n) is 7.08. The van der Waals surface area contributed by atoms with Crippen molar-refractivity contribution in [1.29, 1.82) is 0 Å². The number of halogens is 2. The van der Waals surface area contributed by atoms with E-state index in [1.807, 2.05) is 0 Å². The normalized spacial score (nSPS) is 19.6. The van der Waals surface area contributed by atoms with Crippen molar-refractivity contribution in [2.45, 2.75) is 19.3 Å². The van der Waals surface area contributed by atoms with Gasteiger partial charge in [-0.2, -0.15) is 0 Å². The van der Waals surface area contributed by atoms with Crippen LogP contribution in [-0.2, 0) is 16.4 Å². The lowest BCUT2D eigenvalue weighted by Gasteiger charge is -2.22. The SMILES string of the molecule is O=S(=O)(CC1CCCNC1)NCCc1cc(F)cc(F)c1. The van der Waals surface area contributed by atoms with Gasteiger partial charge in [-0.3, -0.25) is 0 Å². The molecular formula is C14H20F2N2O2S. The van der Waals surface area contributed by atoms with Gasteiger partial charge in [0.15, 0.2) is 0 Å². The molecule has 1 aliphatic heterocycles. The summed E-state index contributed by atoms with van der Waals surface area (Å²) in [7, 11) is -3.35. The quantitative estimate of drug-likeness (QED) is 0.834. The molecule has 0 saturated carbocycles. The van der Waals surface area contributed by atoms with E-state index in [-0.39, 0.29) is 24.6 Å². The Kier molecular flexibility index (Phi) is 5.66. The molecule has 1 atom stereocenters. The van der Waals surface area contributed by atoms with Crippen molar-refractivity contribution < 1.29 is 17.2 Å². The molecule has 7 heteroatoms. The molecule has 1 saturated heterocycles. The highest BCUT2D eigenvalue weighted by Gasteiger charge is 2.20. The van der Waals surface area contributed by atoms with Crippen LogP contribution in [0.3, 0.4) is 0 Å². The summed E-state index contributed by atoms with van der Waals surface area (Å²) in [6.07, 6.45) is 2.16. The molecule has 1 aromatic rings. The van der Waals surface area contributed by atoms with Crippen molar-refractivity contribution >= 4 is 10.0 Å². The molecule has 1 fully saturated rings. The van der Waals surface area contributed by atoms with E-state index in [2.05, 4.69) is 10.0 Å². The number of benzene rings is 1. The lowest BCUT2D eigenvalue weighted by Crippen LogP contribution is -2.38. The molecule has 1 aliphatic rings. The number of hydrogen-bond acceptors (Lipinski definition) is 3. The Bertz CT molecular complexity index is 552. The maximum atomic E-state index is 13.0. The maximum absolute atomic E-state index is 13.0. The fraction of sp³-hybridized carbons (Fsp3) is 0.571. The summed E-state index contributed by atoms with van der Waals surface area (Å²) in [6.45, 7) is 1.80. The molecule has 0 amide bonds. The molecule has 118 valence electrons. The lowest BCUT2D eigenvalue weighted by molar-refractivity contribution is 0.403. The van der Waals surface area contributed by atoms with Crippen LogP contribution in [0.4, 0.5) is 8.78 Å². The molecule has 21 heavy (non-hydrogen) atoms. The van der Waals surface area contributed by atoms with E-state index in [1.165, 1.54) is 12.1 Å². The summed E-state index contributed by atoms with van der Waals surface area (Å²) in [5, 5.41) is 3.18. The molecular weight excluding hydrogens is 298 g/mol. The first-order valence-corrected chi connectivity index (χ1v) is 8.73. The minimum atomic E-state index is -3.35. The van der Waals surface area contributed by atoms with Crippen LogP contribution in [0.15, 0.2) is 18.2 Å². The number of piperidine rings is 1. The third kappa shape index (κ3) is 5.68. The van der Waals surface area contributed by atoms with Crippen molar-refractivity contribution in [3.63, 3.8) is 0 Å². The van der Waals surface area contributed by atoms with Crippen molar-refractivity contribution in [3.8, 4) is 0 Å². The highest BCUT2D eigenvalue weighted by atomic mass is 32.2. The monoisotopic (exact) mass is 318 g/mol. The Morgan fingerprint density at radius 2 is 1.95 bits per heavy atom. The van der Waals surface area contributed by atoms with Gasteiger partial charge >= 0.3 is 0 Å². The Hall–Kier alpha value is -1.05. The molecule has 1 heterocycles. The first kappa shape index (κ1) is 16.3. The number of rotatable bonds is 6. The van der Waals surface area contributed by atoms with E-state index in [0.29, 0.717) is 5.56 Å². The predicted octanol–water partition coefficient (Wildman–Crippen LogP) is 1.43. The summed E-state index contributed by atoms with van der Waals surface area (Å²) < 4.78 is 52.4. The zero-order valence-corrected chi connectivity index (χ0v) is 12.6. The fourth-order valence-corrected chi connectivity index (χ4v) is 3.98. The average molecular weight is 318 g/mol. The van der Waals surface area contributed by atoms with Crippen LogP contribution >= 0.6 is 0 Å². The topological polar surface area (TPSA) is 58.2 Å². The van der Waals surface area contributed by atoms with Crippen LogP contribution in [0.2, 0.25) is 0 Å². The van der Waals surface area contributed by atoms with Crippen molar-refractivity contribution in [3.05, 3.63) is 35.4 Å². The van der Waals surface area contributed by atoms with Crippen LogP contribution in [0.25, 0.3) is 0 Å². The third-order valence-electron chi connectivity index (χ3n) is 3.51. The second-order valence-corrected chi connectivity index (χ2v) is 7.27. The maximum Gasteiger partial charge on any atom is 0.211 e. The van der Waals surface area contributed by atoms with Crippen LogP contribution in [-0.4, -0.2) is 33.8 Å². The molecule has 2 rings (SSSR count). The van der Waals surface area contributed by atoms with Gasteiger partial charge in [-0.25, -0.2) is 21.9 Å². The summed E-state index contributed by atoms with van der Waals surface area (Å²) in [6, 6.07) is 3.22. The van der Waals surface area contributed by atoms with Crippen LogP contribution in [0.5, 0.6) is 0 Å². The van der Waals surface area contributed by atoms with Crippen LogP contribution < -0.4 is 10.0 Å². The van der Waals surface area contributed by atoms with Crippen LogP contribution in [0, 0.1) is 17.6 Å². The van der Waals surface area contributed by atoms with Gasteiger partial charge in [0.25, 0.3) is 0 Å². The van der Waals surface area contributed by atoms with E-state index in [4.69, 9.17) is 0 Å². The van der Waals surface area contributed by atoms with E-state index in [0.717, 1.165) is 32.0 Å². The van der Waals surface area contributed by atoms with Gasteiger partial charge in [0, 0.05) is 12.6 Å². The molecule has 1 unspecified atom stereocenters. The molecule has 0 spiro atoms. The number of nitrogens with one attached hydrogen (secondary N) is 2. The first-order chi connectivity index (χ1) is 9.94. The number of sulfonamides is 1. The highest BCUT2D eigenvalue weighted by molar-refractivity contribution is 7.89. The highest BCUT2D eigenvalue weighted by Crippen LogP contribution is 2.12. The Labute approximate surface area is 124 Å². The van der Waals surface area contributed by atoms with Gasteiger partial charge < -0.3 is 5.32 Å². The second kappa shape index (κ2) is 7.29. The van der Waals surface area contributed by atoms with E-state index in [9.17, 15) is 17.2 Å². The summed E-state index contributed by atoms with van der Waals surface area (Å²) in [4.78, 5) is 0. The standard InChI is InChI=1S/C14H20F2N2O2S/c15-13-6-11(7-14(16)8-13)3-5-18-21(19,20)10-12-2-1-4-17-9-12/h6-8,12,17-18H,1-5,9-10H2. The molecule has 4 nitrogen and oxygen atoms in total. The van der Waals surface area contributed by atoms with E-state index >= 15 is 0 Å². The molecule has 1 aromatic carbocycles. The minimum absolute atomic E-state index is 0.0948. The van der Waals surface area contributed by atoms with Gasteiger partial charge in [-0.1, -0.05) is 0 Å². The smallest absolute Gasteiger partial charge is 0.211 e. The second-order valence-electron chi connectivity index (χ2n) is 5.42. The number of hydrogen-bond donors (Lipinski definition) is 2. The van der Waals surface area contributed by atoms with Gasteiger partial charge in [0.2, 0.25) is 10.0 Å². The average Bonchev–Trinajstić information content (AvgIpc) is 2.37. The van der Waals surface area contributed by atoms with E-state index in [1.54, 1.807) is 0 Å². The van der Waals surface area contributed by atoms with Crippen LogP contribution in [0.1, 0.15) is 18.4 Å². The predicted molar refractivity (Wildman–Crippen MR) is 77.4 cm³/mol. The zero-order chi connectivity index (χ0) is 15.3. The van der Waals surface area contributed by atoms with E-state index < -0.39 is 21.7 Å². The Morgan fingerprint density at radius 3 is 2.57 bits per heavy atom. The molecule has 0 radical (unpaired) electrons. The van der Waals surface area contributed by atoms with Gasteiger partial charge in [-0.05, 0) is 56.0 Å².